The van der Waals surface area contributed by atoms with E-state index in [1.807, 2.05) is 109 Å². The van der Waals surface area contributed by atoms with Crippen molar-refractivity contribution in [2.75, 3.05) is 14.2 Å². The predicted molar refractivity (Wildman–Crippen MR) is 156 cm³/mol. The fraction of sp³-hybridized carbons (Fsp3) is 0.0588. The number of methoxy groups -OCH3 is 2. The van der Waals surface area contributed by atoms with Crippen molar-refractivity contribution in [2.45, 2.75) is 0 Å². The van der Waals surface area contributed by atoms with E-state index >= 15 is 0 Å². The van der Waals surface area contributed by atoms with Gasteiger partial charge in [0.25, 0.3) is 0 Å². The molecule has 0 unspecified atom stereocenters. The Morgan fingerprint density at radius 3 is 1.18 bits per heavy atom. The molecule has 0 amide bonds. The molecule has 0 aromatic heterocycles. The van der Waals surface area contributed by atoms with E-state index in [-0.39, 0.29) is 0 Å². The highest BCUT2D eigenvalue weighted by Crippen LogP contribution is 2.27. The Hall–Kier alpha value is -4.96. The van der Waals surface area contributed by atoms with E-state index in [0.717, 1.165) is 44.2 Å². The molecule has 0 saturated heterocycles. The number of ether oxygens (including phenoxy) is 2. The molecular formula is C34H30O4. The number of fused-ring (bicyclic) bond motifs is 2. The first-order valence-electron chi connectivity index (χ1n) is 12.2. The molecule has 0 aliphatic rings. The maximum atomic E-state index is 9.37. The van der Waals surface area contributed by atoms with Gasteiger partial charge in [-0.2, -0.15) is 0 Å². The molecule has 38 heavy (non-hydrogen) atoms. The van der Waals surface area contributed by atoms with Gasteiger partial charge in [-0.3, -0.25) is 0 Å². The topological polar surface area (TPSA) is 58.9 Å². The van der Waals surface area contributed by atoms with Gasteiger partial charge in [0.15, 0.2) is 0 Å². The van der Waals surface area contributed by atoms with Crippen molar-refractivity contribution in [3.05, 3.63) is 133 Å². The Labute approximate surface area is 223 Å². The summed E-state index contributed by atoms with van der Waals surface area (Å²) in [5.41, 5.74) is 2.25. The van der Waals surface area contributed by atoms with E-state index in [9.17, 15) is 10.2 Å². The maximum absolute atomic E-state index is 9.37. The highest BCUT2D eigenvalue weighted by molar-refractivity contribution is 5.88. The van der Waals surface area contributed by atoms with Crippen LogP contribution in [-0.2, 0) is 0 Å². The number of hydrogen-bond donors (Lipinski definition) is 2. The number of phenolic OH excluding ortho intramolecular Hbond substituents is 2. The van der Waals surface area contributed by atoms with E-state index in [0.29, 0.717) is 11.5 Å². The summed E-state index contributed by atoms with van der Waals surface area (Å²) in [6.07, 6.45) is 0. The molecule has 0 saturated carbocycles. The highest BCUT2D eigenvalue weighted by Gasteiger charge is 2.01. The summed E-state index contributed by atoms with van der Waals surface area (Å²) in [6.45, 7) is 0. The van der Waals surface area contributed by atoms with Gasteiger partial charge in [-0.1, -0.05) is 97.1 Å². The molecular weight excluding hydrogens is 472 g/mol. The molecule has 0 aliphatic carbocycles. The lowest BCUT2D eigenvalue weighted by molar-refractivity contribution is 0.414. The van der Waals surface area contributed by atoms with E-state index in [1.165, 1.54) is 0 Å². The van der Waals surface area contributed by atoms with Crippen molar-refractivity contribution in [3.63, 3.8) is 0 Å². The first-order chi connectivity index (χ1) is 18.6. The van der Waals surface area contributed by atoms with Crippen molar-refractivity contribution in [1.29, 1.82) is 0 Å². The molecule has 0 fully saturated rings. The summed E-state index contributed by atoms with van der Waals surface area (Å²) in [7, 11) is 3.34. The van der Waals surface area contributed by atoms with Gasteiger partial charge in [0.1, 0.15) is 23.0 Å². The average Bonchev–Trinajstić information content (AvgIpc) is 2.98. The molecule has 0 aliphatic heterocycles. The van der Waals surface area contributed by atoms with Crippen LogP contribution >= 0.6 is 0 Å². The molecule has 6 aromatic rings. The van der Waals surface area contributed by atoms with E-state index in [1.54, 1.807) is 26.4 Å². The molecule has 0 heterocycles. The minimum atomic E-state index is 0.350. The quantitative estimate of drug-likeness (QED) is 0.255. The molecule has 2 N–H and O–H groups in total. The summed E-state index contributed by atoms with van der Waals surface area (Å²) < 4.78 is 10.4. The second-order valence-electron chi connectivity index (χ2n) is 8.46. The fourth-order valence-electron chi connectivity index (χ4n) is 4.02. The van der Waals surface area contributed by atoms with Crippen LogP contribution in [0, 0.1) is 0 Å². The zero-order chi connectivity index (χ0) is 26.7. The van der Waals surface area contributed by atoms with Crippen LogP contribution in [0.2, 0.25) is 0 Å². The zero-order valence-corrected chi connectivity index (χ0v) is 21.4. The largest absolute Gasteiger partial charge is 0.507 e. The average molecular weight is 503 g/mol. The number of rotatable bonds is 3. The number of benzene rings is 6. The lowest BCUT2D eigenvalue weighted by atomic mass is 10.1. The van der Waals surface area contributed by atoms with Crippen molar-refractivity contribution in [2.24, 2.45) is 0 Å². The van der Waals surface area contributed by atoms with Crippen molar-refractivity contribution >= 4 is 21.5 Å². The zero-order valence-electron chi connectivity index (χ0n) is 21.4. The second-order valence-corrected chi connectivity index (χ2v) is 8.46. The Balaban J connectivity index is 0.000000136. The normalized spacial score (nSPS) is 10.1. The van der Waals surface area contributed by atoms with Gasteiger partial charge in [-0.05, 0) is 58.3 Å². The number of phenols is 2. The van der Waals surface area contributed by atoms with Gasteiger partial charge < -0.3 is 19.7 Å². The standard InChI is InChI=1S/C14H14O2.2C10H8O/c1-15-13-7-3-5-11(9-13)12-6-4-8-14(10-12)16-2;2*11-10-7-3-5-8-4-1-2-6-9(8)10/h3-10H,1-2H3;2*1-7,11H. The fourth-order valence-corrected chi connectivity index (χ4v) is 4.02. The van der Waals surface area contributed by atoms with Gasteiger partial charge in [-0.25, -0.2) is 0 Å². The third kappa shape index (κ3) is 6.62. The first kappa shape index (κ1) is 26.1. The summed E-state index contributed by atoms with van der Waals surface area (Å²) >= 11 is 0. The van der Waals surface area contributed by atoms with E-state index in [4.69, 9.17) is 9.47 Å². The van der Waals surface area contributed by atoms with Crippen LogP contribution < -0.4 is 9.47 Å². The van der Waals surface area contributed by atoms with Crippen molar-refractivity contribution in [3.8, 4) is 34.1 Å². The molecule has 4 heteroatoms. The minimum absolute atomic E-state index is 0.350. The molecule has 0 atom stereocenters. The number of aromatic hydroxyl groups is 2. The maximum Gasteiger partial charge on any atom is 0.123 e. The van der Waals surface area contributed by atoms with Crippen molar-refractivity contribution in [1.82, 2.24) is 0 Å². The summed E-state index contributed by atoms with van der Waals surface area (Å²) in [4.78, 5) is 0. The Morgan fingerprint density at radius 1 is 0.421 bits per heavy atom. The molecule has 0 bridgehead atoms. The monoisotopic (exact) mass is 502 g/mol. The lowest BCUT2D eigenvalue weighted by Gasteiger charge is -2.06. The highest BCUT2D eigenvalue weighted by atomic mass is 16.5. The summed E-state index contributed by atoms with van der Waals surface area (Å²) in [6, 6.07) is 42.5. The Bertz CT molecular complexity index is 1490. The van der Waals surface area contributed by atoms with Crippen LogP contribution in [0.3, 0.4) is 0 Å². The van der Waals surface area contributed by atoms with Crippen LogP contribution in [0.4, 0.5) is 0 Å². The van der Waals surface area contributed by atoms with Crippen LogP contribution in [0.15, 0.2) is 133 Å². The van der Waals surface area contributed by atoms with E-state index in [2.05, 4.69) is 12.1 Å². The molecule has 0 radical (unpaired) electrons. The van der Waals surface area contributed by atoms with Crippen LogP contribution in [0.5, 0.6) is 23.0 Å². The van der Waals surface area contributed by atoms with E-state index < -0.39 is 0 Å². The Kier molecular flexibility index (Phi) is 8.82. The summed E-state index contributed by atoms with van der Waals surface area (Å²) in [5.74, 6) is 2.42. The van der Waals surface area contributed by atoms with Crippen LogP contribution in [-0.4, -0.2) is 24.4 Å². The van der Waals surface area contributed by atoms with Crippen molar-refractivity contribution < 1.29 is 19.7 Å². The third-order valence-electron chi connectivity index (χ3n) is 6.01. The van der Waals surface area contributed by atoms with Gasteiger partial charge in [0, 0.05) is 10.8 Å². The lowest BCUT2D eigenvalue weighted by Crippen LogP contribution is -1.85. The SMILES string of the molecule is COc1cccc(-c2cccc(OC)c2)c1.Oc1cccc2ccccc12.Oc1cccc2ccccc12. The summed E-state index contributed by atoms with van der Waals surface area (Å²) in [5, 5.41) is 22.7. The predicted octanol–water partition coefficient (Wildman–Crippen LogP) is 8.46. The molecule has 190 valence electrons. The van der Waals surface area contributed by atoms with Crippen LogP contribution in [0.25, 0.3) is 32.7 Å². The number of hydrogen-bond acceptors (Lipinski definition) is 4. The molecule has 4 nitrogen and oxygen atoms in total. The molecule has 0 spiro atoms. The van der Waals surface area contributed by atoms with Gasteiger partial charge in [0.2, 0.25) is 0 Å². The molecule has 6 aromatic carbocycles. The minimum Gasteiger partial charge on any atom is -0.507 e. The third-order valence-corrected chi connectivity index (χ3v) is 6.01. The van der Waals surface area contributed by atoms with Gasteiger partial charge in [-0.15, -0.1) is 0 Å². The van der Waals surface area contributed by atoms with Crippen LogP contribution in [0.1, 0.15) is 0 Å². The smallest absolute Gasteiger partial charge is 0.123 e. The first-order valence-corrected chi connectivity index (χ1v) is 12.2. The van der Waals surface area contributed by atoms with Gasteiger partial charge in [0.05, 0.1) is 14.2 Å². The molecule has 6 rings (SSSR count). The Morgan fingerprint density at radius 2 is 0.789 bits per heavy atom. The second kappa shape index (κ2) is 12.8. The van der Waals surface area contributed by atoms with Gasteiger partial charge >= 0.3 is 0 Å².